The standard InChI is InChI=1S/C13H19N3O/c1-17-13-10-7-14-8-11(10)15-12(16-13)9-5-3-2-4-6-9/h9,14H,2-8H2,1H3. The van der Waals surface area contributed by atoms with Gasteiger partial charge < -0.3 is 10.1 Å². The highest BCUT2D eigenvalue weighted by Crippen LogP contribution is 2.33. The Bertz CT molecular complexity index is 413. The Morgan fingerprint density at radius 2 is 1.94 bits per heavy atom. The fourth-order valence-corrected chi connectivity index (χ4v) is 2.87. The van der Waals surface area contributed by atoms with E-state index < -0.39 is 0 Å². The number of ether oxygens (including phenoxy) is 1. The van der Waals surface area contributed by atoms with Gasteiger partial charge in [-0.1, -0.05) is 19.3 Å². The van der Waals surface area contributed by atoms with Crippen LogP contribution in [0.4, 0.5) is 0 Å². The van der Waals surface area contributed by atoms with Gasteiger partial charge in [-0.2, -0.15) is 4.98 Å². The first-order chi connectivity index (χ1) is 8.38. The van der Waals surface area contributed by atoms with E-state index in [1.807, 2.05) is 0 Å². The number of hydrogen-bond donors (Lipinski definition) is 1. The van der Waals surface area contributed by atoms with Gasteiger partial charge in [-0.3, -0.25) is 0 Å². The zero-order valence-corrected chi connectivity index (χ0v) is 10.3. The molecule has 0 unspecified atom stereocenters. The van der Waals surface area contributed by atoms with Gasteiger partial charge in [0.05, 0.1) is 18.4 Å². The normalized spacial score (nSPS) is 20.3. The van der Waals surface area contributed by atoms with E-state index in [-0.39, 0.29) is 0 Å². The maximum absolute atomic E-state index is 5.40. The fraction of sp³-hybridized carbons (Fsp3) is 0.692. The molecule has 0 saturated heterocycles. The second-order valence-corrected chi connectivity index (χ2v) is 4.95. The van der Waals surface area contributed by atoms with Crippen molar-refractivity contribution in [2.75, 3.05) is 7.11 Å². The molecule has 4 nitrogen and oxygen atoms in total. The molecule has 3 rings (SSSR count). The number of methoxy groups -OCH3 is 1. The molecule has 17 heavy (non-hydrogen) atoms. The Hall–Kier alpha value is -1.16. The van der Waals surface area contributed by atoms with E-state index in [2.05, 4.69) is 10.3 Å². The van der Waals surface area contributed by atoms with Gasteiger partial charge in [-0.15, -0.1) is 0 Å². The molecule has 1 aromatic heterocycles. The van der Waals surface area contributed by atoms with Gasteiger partial charge >= 0.3 is 0 Å². The zero-order chi connectivity index (χ0) is 11.7. The fourth-order valence-electron chi connectivity index (χ4n) is 2.87. The highest BCUT2D eigenvalue weighted by Gasteiger charge is 2.24. The molecule has 1 N–H and O–H groups in total. The summed E-state index contributed by atoms with van der Waals surface area (Å²) in [5, 5.41) is 3.31. The monoisotopic (exact) mass is 233 g/mol. The molecule has 0 aromatic carbocycles. The average Bonchev–Trinajstić information content (AvgIpc) is 2.86. The topological polar surface area (TPSA) is 47.0 Å². The van der Waals surface area contributed by atoms with Crippen LogP contribution in [0.25, 0.3) is 0 Å². The highest BCUT2D eigenvalue weighted by atomic mass is 16.5. The predicted octanol–water partition coefficient (Wildman–Crippen LogP) is 2.14. The number of hydrogen-bond acceptors (Lipinski definition) is 4. The van der Waals surface area contributed by atoms with Crippen LogP contribution in [-0.4, -0.2) is 17.1 Å². The molecule has 0 bridgehead atoms. The molecule has 1 saturated carbocycles. The Balaban J connectivity index is 1.94. The molecule has 1 aliphatic heterocycles. The van der Waals surface area contributed by atoms with Crippen molar-refractivity contribution < 1.29 is 4.74 Å². The number of aromatic nitrogens is 2. The van der Waals surface area contributed by atoms with Crippen LogP contribution in [0.1, 0.15) is 55.1 Å². The first kappa shape index (κ1) is 11.0. The predicted molar refractivity (Wildman–Crippen MR) is 65.0 cm³/mol. The highest BCUT2D eigenvalue weighted by molar-refractivity contribution is 5.34. The quantitative estimate of drug-likeness (QED) is 0.850. The molecule has 0 spiro atoms. The van der Waals surface area contributed by atoms with Gasteiger partial charge in [0.25, 0.3) is 0 Å². The summed E-state index contributed by atoms with van der Waals surface area (Å²) < 4.78 is 5.40. The smallest absolute Gasteiger partial charge is 0.221 e. The third-order valence-electron chi connectivity index (χ3n) is 3.83. The Kier molecular flexibility index (Phi) is 2.97. The van der Waals surface area contributed by atoms with Gasteiger partial charge in [0, 0.05) is 19.0 Å². The van der Waals surface area contributed by atoms with E-state index in [1.54, 1.807) is 7.11 Å². The Morgan fingerprint density at radius 3 is 2.71 bits per heavy atom. The minimum Gasteiger partial charge on any atom is -0.481 e. The van der Waals surface area contributed by atoms with Crippen molar-refractivity contribution in [3.63, 3.8) is 0 Å². The molecule has 1 fully saturated rings. The molecule has 0 atom stereocenters. The molecular formula is C13H19N3O. The van der Waals surface area contributed by atoms with Gasteiger partial charge in [0.1, 0.15) is 5.82 Å². The van der Waals surface area contributed by atoms with Gasteiger partial charge in [0.15, 0.2) is 0 Å². The van der Waals surface area contributed by atoms with E-state index in [4.69, 9.17) is 9.72 Å². The molecular weight excluding hydrogens is 214 g/mol. The van der Waals surface area contributed by atoms with Gasteiger partial charge in [-0.25, -0.2) is 4.98 Å². The number of rotatable bonds is 2. The third-order valence-corrected chi connectivity index (χ3v) is 3.83. The SMILES string of the molecule is COc1nc(C2CCCCC2)nc2c1CNC2. The summed E-state index contributed by atoms with van der Waals surface area (Å²) in [5.41, 5.74) is 2.28. The minimum atomic E-state index is 0.545. The zero-order valence-electron chi connectivity index (χ0n) is 10.3. The van der Waals surface area contributed by atoms with Crippen LogP contribution in [0.5, 0.6) is 5.88 Å². The second-order valence-electron chi connectivity index (χ2n) is 4.95. The summed E-state index contributed by atoms with van der Waals surface area (Å²) >= 11 is 0. The van der Waals surface area contributed by atoms with Crippen LogP contribution in [0, 0.1) is 0 Å². The summed E-state index contributed by atoms with van der Waals surface area (Å²) in [6.07, 6.45) is 6.45. The number of fused-ring (bicyclic) bond motifs is 1. The first-order valence-electron chi connectivity index (χ1n) is 6.53. The molecule has 1 aromatic rings. The summed E-state index contributed by atoms with van der Waals surface area (Å²) in [4.78, 5) is 9.35. The van der Waals surface area contributed by atoms with Crippen molar-refractivity contribution in [3.8, 4) is 5.88 Å². The number of nitrogens with one attached hydrogen (secondary N) is 1. The lowest BCUT2D eigenvalue weighted by Crippen LogP contribution is -2.11. The first-order valence-corrected chi connectivity index (χ1v) is 6.53. The average molecular weight is 233 g/mol. The molecule has 0 amide bonds. The summed E-state index contributed by atoms with van der Waals surface area (Å²) in [6, 6.07) is 0. The van der Waals surface area contributed by atoms with Crippen LogP contribution in [0.3, 0.4) is 0 Å². The van der Waals surface area contributed by atoms with Crippen molar-refractivity contribution in [1.29, 1.82) is 0 Å². The van der Waals surface area contributed by atoms with E-state index in [0.29, 0.717) is 5.92 Å². The van der Waals surface area contributed by atoms with E-state index >= 15 is 0 Å². The molecule has 92 valence electrons. The Morgan fingerprint density at radius 1 is 1.12 bits per heavy atom. The van der Waals surface area contributed by atoms with Crippen molar-refractivity contribution in [2.24, 2.45) is 0 Å². The lowest BCUT2D eigenvalue weighted by molar-refractivity contribution is 0.378. The van der Waals surface area contributed by atoms with E-state index in [9.17, 15) is 0 Å². The molecule has 1 aliphatic carbocycles. The van der Waals surface area contributed by atoms with Crippen LogP contribution in [0.2, 0.25) is 0 Å². The lowest BCUT2D eigenvalue weighted by atomic mass is 9.88. The van der Waals surface area contributed by atoms with Gasteiger partial charge in [0.2, 0.25) is 5.88 Å². The largest absolute Gasteiger partial charge is 0.481 e. The third kappa shape index (κ3) is 2.02. The van der Waals surface area contributed by atoms with Crippen LogP contribution < -0.4 is 10.1 Å². The van der Waals surface area contributed by atoms with Crippen LogP contribution in [-0.2, 0) is 13.1 Å². The van der Waals surface area contributed by atoms with Crippen molar-refractivity contribution in [1.82, 2.24) is 15.3 Å². The summed E-state index contributed by atoms with van der Waals surface area (Å²) in [5.74, 6) is 2.33. The van der Waals surface area contributed by atoms with Crippen molar-refractivity contribution in [2.45, 2.75) is 51.1 Å². The Labute approximate surface area is 102 Å². The lowest BCUT2D eigenvalue weighted by Gasteiger charge is -2.21. The molecule has 0 radical (unpaired) electrons. The van der Waals surface area contributed by atoms with Crippen LogP contribution >= 0.6 is 0 Å². The van der Waals surface area contributed by atoms with E-state index in [1.165, 1.54) is 32.1 Å². The number of nitrogens with zero attached hydrogens (tertiary/aromatic N) is 2. The second kappa shape index (κ2) is 4.61. The van der Waals surface area contributed by atoms with E-state index in [0.717, 1.165) is 36.1 Å². The summed E-state index contributed by atoms with van der Waals surface area (Å²) in [6.45, 7) is 1.69. The van der Waals surface area contributed by atoms with Crippen molar-refractivity contribution in [3.05, 3.63) is 17.1 Å². The van der Waals surface area contributed by atoms with Crippen molar-refractivity contribution >= 4 is 0 Å². The summed E-state index contributed by atoms with van der Waals surface area (Å²) in [7, 11) is 1.70. The van der Waals surface area contributed by atoms with Gasteiger partial charge in [-0.05, 0) is 12.8 Å². The molecule has 2 aliphatic rings. The molecule has 2 heterocycles. The van der Waals surface area contributed by atoms with Crippen LogP contribution in [0.15, 0.2) is 0 Å². The maximum atomic E-state index is 5.40. The maximum Gasteiger partial charge on any atom is 0.221 e. The molecule has 4 heteroatoms. The minimum absolute atomic E-state index is 0.545.